The fourth-order valence-electron chi connectivity index (χ4n) is 2.48. The van der Waals surface area contributed by atoms with Gasteiger partial charge < -0.3 is 24.8 Å². The van der Waals surface area contributed by atoms with Gasteiger partial charge in [-0.05, 0) is 24.3 Å². The highest BCUT2D eigenvalue weighted by molar-refractivity contribution is 5.93. The second-order valence-corrected chi connectivity index (χ2v) is 5.76. The van der Waals surface area contributed by atoms with Crippen LogP contribution in [0.2, 0.25) is 0 Å². The van der Waals surface area contributed by atoms with Gasteiger partial charge in [-0.3, -0.25) is 4.99 Å². The summed E-state index contributed by atoms with van der Waals surface area (Å²) in [5, 5.41) is 6.20. The molecule has 0 aromatic heterocycles. The van der Waals surface area contributed by atoms with Crippen molar-refractivity contribution >= 4 is 11.6 Å². The number of nitrogens with one attached hydrogen (secondary N) is 2. The fraction of sp³-hybridized carbons (Fsp3) is 0.316. The lowest BCUT2D eigenvalue weighted by molar-refractivity contribution is 0.297. The number of guanidine groups is 1. The van der Waals surface area contributed by atoms with Crippen LogP contribution in [0.15, 0.2) is 41.4 Å². The molecule has 6 nitrogen and oxygen atoms in total. The van der Waals surface area contributed by atoms with E-state index < -0.39 is 11.6 Å². The number of fused-ring (bicyclic) bond motifs is 1. The van der Waals surface area contributed by atoms with Crippen LogP contribution in [0.25, 0.3) is 0 Å². The Morgan fingerprint density at radius 3 is 2.70 bits per heavy atom. The number of halogens is 2. The van der Waals surface area contributed by atoms with Crippen molar-refractivity contribution in [2.24, 2.45) is 4.99 Å². The third-order valence-electron chi connectivity index (χ3n) is 3.78. The van der Waals surface area contributed by atoms with Crippen molar-refractivity contribution in [2.45, 2.75) is 6.42 Å². The van der Waals surface area contributed by atoms with E-state index in [9.17, 15) is 8.78 Å². The Bertz CT molecular complexity index is 815. The molecule has 1 aliphatic rings. The quantitative estimate of drug-likeness (QED) is 0.476. The molecule has 0 radical (unpaired) electrons. The summed E-state index contributed by atoms with van der Waals surface area (Å²) < 4.78 is 43.0. The van der Waals surface area contributed by atoms with E-state index in [2.05, 4.69) is 15.6 Å². The average Bonchev–Trinajstić information content (AvgIpc) is 2.90. The molecule has 0 atom stereocenters. The van der Waals surface area contributed by atoms with E-state index in [1.54, 1.807) is 7.05 Å². The Balaban J connectivity index is 1.50. The molecule has 0 aliphatic carbocycles. The van der Waals surface area contributed by atoms with Gasteiger partial charge in [0, 0.05) is 31.3 Å². The van der Waals surface area contributed by atoms with Gasteiger partial charge in [-0.2, -0.15) is 0 Å². The van der Waals surface area contributed by atoms with Crippen LogP contribution < -0.4 is 24.8 Å². The van der Waals surface area contributed by atoms with Crippen molar-refractivity contribution in [3.63, 3.8) is 0 Å². The lowest BCUT2D eigenvalue weighted by Gasteiger charge is -2.14. The summed E-state index contributed by atoms with van der Waals surface area (Å²) >= 11 is 0. The zero-order chi connectivity index (χ0) is 19.1. The third-order valence-corrected chi connectivity index (χ3v) is 3.78. The van der Waals surface area contributed by atoms with Gasteiger partial charge in [0.05, 0.1) is 19.8 Å². The average molecular weight is 377 g/mol. The highest BCUT2D eigenvalue weighted by Gasteiger charge is 2.11. The molecule has 0 unspecified atom stereocenters. The highest BCUT2D eigenvalue weighted by Crippen LogP contribution is 2.32. The molecule has 144 valence electrons. The van der Waals surface area contributed by atoms with E-state index in [0.29, 0.717) is 31.5 Å². The zero-order valence-electron chi connectivity index (χ0n) is 14.9. The lowest BCUT2D eigenvalue weighted by Crippen LogP contribution is -2.33. The van der Waals surface area contributed by atoms with Gasteiger partial charge in [0.25, 0.3) is 0 Å². The van der Waals surface area contributed by atoms with E-state index in [1.807, 2.05) is 18.2 Å². The number of hydrogen-bond donors (Lipinski definition) is 2. The molecule has 27 heavy (non-hydrogen) atoms. The van der Waals surface area contributed by atoms with Crippen molar-refractivity contribution < 1.29 is 23.0 Å². The summed E-state index contributed by atoms with van der Waals surface area (Å²) in [4.78, 5) is 4.13. The molecule has 0 spiro atoms. The Labute approximate surface area is 156 Å². The molecule has 1 aliphatic heterocycles. The van der Waals surface area contributed by atoms with Gasteiger partial charge in [0.1, 0.15) is 12.4 Å². The van der Waals surface area contributed by atoms with Crippen LogP contribution in [0, 0.1) is 11.6 Å². The summed E-state index contributed by atoms with van der Waals surface area (Å²) in [5.41, 5.74) is 0.790. The van der Waals surface area contributed by atoms with Gasteiger partial charge in [-0.1, -0.05) is 0 Å². The maximum absolute atomic E-state index is 13.5. The van der Waals surface area contributed by atoms with Gasteiger partial charge in [-0.25, -0.2) is 8.78 Å². The van der Waals surface area contributed by atoms with E-state index in [-0.39, 0.29) is 12.4 Å². The van der Waals surface area contributed by atoms with Crippen LogP contribution in [-0.4, -0.2) is 39.4 Å². The van der Waals surface area contributed by atoms with Crippen molar-refractivity contribution in [1.29, 1.82) is 0 Å². The largest absolute Gasteiger partial charge is 0.490 e. The van der Waals surface area contributed by atoms with Gasteiger partial charge in [-0.15, -0.1) is 0 Å². The van der Waals surface area contributed by atoms with Crippen LogP contribution in [0.5, 0.6) is 17.2 Å². The number of benzene rings is 2. The molecule has 0 bridgehead atoms. The van der Waals surface area contributed by atoms with Crippen molar-refractivity contribution in [2.75, 3.05) is 38.7 Å². The number of hydrogen-bond acceptors (Lipinski definition) is 4. The molecule has 0 amide bonds. The highest BCUT2D eigenvalue weighted by atomic mass is 19.1. The molecule has 8 heteroatoms. The van der Waals surface area contributed by atoms with Crippen LogP contribution in [0.3, 0.4) is 0 Å². The van der Waals surface area contributed by atoms with E-state index >= 15 is 0 Å². The summed E-state index contributed by atoms with van der Waals surface area (Å²) in [5.74, 6) is 0.554. The lowest BCUT2D eigenvalue weighted by atomic mass is 10.3. The molecule has 0 fully saturated rings. The van der Waals surface area contributed by atoms with Gasteiger partial charge >= 0.3 is 0 Å². The first-order valence-electron chi connectivity index (χ1n) is 8.61. The van der Waals surface area contributed by atoms with Crippen LogP contribution >= 0.6 is 0 Å². The zero-order valence-corrected chi connectivity index (χ0v) is 14.9. The molecule has 2 aromatic rings. The van der Waals surface area contributed by atoms with Crippen LogP contribution in [0.1, 0.15) is 6.42 Å². The predicted octanol–water partition coefficient (Wildman–Crippen LogP) is 3.19. The van der Waals surface area contributed by atoms with Gasteiger partial charge in [0.2, 0.25) is 0 Å². The SMILES string of the molecule is CN=C(NCCOc1ccc(F)cc1F)Nc1ccc2c(c1)OCCCO2. The first-order chi connectivity index (χ1) is 13.2. The number of rotatable bonds is 5. The Hall–Kier alpha value is -3.03. The minimum absolute atomic E-state index is 0.00375. The number of anilines is 1. The van der Waals surface area contributed by atoms with Gasteiger partial charge in [0.15, 0.2) is 29.0 Å². The molecular weight excluding hydrogens is 356 g/mol. The summed E-state index contributed by atoms with van der Waals surface area (Å²) in [6.45, 7) is 1.81. The minimum Gasteiger partial charge on any atom is -0.490 e. The van der Waals surface area contributed by atoms with E-state index in [4.69, 9.17) is 14.2 Å². The maximum atomic E-state index is 13.5. The standard InChI is InChI=1S/C19H21F2N3O3/c1-22-19(23-7-10-27-16-5-3-13(20)11-15(16)21)24-14-4-6-17-18(12-14)26-9-2-8-25-17/h3-6,11-12H,2,7-10H2,1H3,(H2,22,23,24). The fourth-order valence-corrected chi connectivity index (χ4v) is 2.48. The number of nitrogens with zero attached hydrogens (tertiary/aromatic N) is 1. The molecule has 0 saturated carbocycles. The van der Waals surface area contributed by atoms with Crippen molar-refractivity contribution in [3.05, 3.63) is 48.0 Å². The molecule has 0 saturated heterocycles. The topological polar surface area (TPSA) is 64.1 Å². The van der Waals surface area contributed by atoms with Crippen molar-refractivity contribution in [3.8, 4) is 17.2 Å². The second-order valence-electron chi connectivity index (χ2n) is 5.76. The molecule has 2 aromatic carbocycles. The summed E-state index contributed by atoms with van der Waals surface area (Å²) in [6, 6.07) is 8.75. The van der Waals surface area contributed by atoms with Crippen LogP contribution in [-0.2, 0) is 0 Å². The summed E-state index contributed by atoms with van der Waals surface area (Å²) in [7, 11) is 1.64. The summed E-state index contributed by atoms with van der Waals surface area (Å²) in [6.07, 6.45) is 0.843. The van der Waals surface area contributed by atoms with E-state index in [1.165, 1.54) is 6.07 Å². The predicted molar refractivity (Wildman–Crippen MR) is 98.9 cm³/mol. The Morgan fingerprint density at radius 1 is 1.11 bits per heavy atom. The first-order valence-corrected chi connectivity index (χ1v) is 8.61. The first kappa shape index (κ1) is 18.8. The number of aliphatic imine (C=N–C) groups is 1. The maximum Gasteiger partial charge on any atom is 0.195 e. The second kappa shape index (κ2) is 9.07. The minimum atomic E-state index is -0.732. The smallest absolute Gasteiger partial charge is 0.195 e. The molecular formula is C19H21F2N3O3. The van der Waals surface area contributed by atoms with Crippen LogP contribution in [0.4, 0.5) is 14.5 Å². The normalized spacial score (nSPS) is 13.7. The van der Waals surface area contributed by atoms with Crippen molar-refractivity contribution in [1.82, 2.24) is 5.32 Å². The monoisotopic (exact) mass is 377 g/mol. The number of ether oxygens (including phenoxy) is 3. The Kier molecular flexibility index (Phi) is 6.30. The molecule has 2 N–H and O–H groups in total. The molecule has 1 heterocycles. The van der Waals surface area contributed by atoms with E-state index in [0.717, 1.165) is 30.0 Å². The Morgan fingerprint density at radius 2 is 1.93 bits per heavy atom. The molecule has 3 rings (SSSR count). The third kappa shape index (κ3) is 5.22.